The Hall–Kier alpha value is -1.57. The molecule has 2 fully saturated rings. The van der Waals surface area contributed by atoms with Gasteiger partial charge in [-0.05, 0) is 18.2 Å². The molecule has 4 rings (SSSR count). The number of ether oxygens (including phenoxy) is 1. The van der Waals surface area contributed by atoms with E-state index in [1.807, 2.05) is 30.1 Å². The molecule has 0 radical (unpaired) electrons. The molecule has 0 N–H and O–H groups in total. The van der Waals surface area contributed by atoms with Crippen LogP contribution in [0.25, 0.3) is 0 Å². The Morgan fingerprint density at radius 3 is 2.96 bits per heavy atom. The Bertz CT molecular complexity index is 631. The lowest BCUT2D eigenvalue weighted by Crippen LogP contribution is -2.37. The third kappa shape index (κ3) is 3.36. The summed E-state index contributed by atoms with van der Waals surface area (Å²) in [7, 11) is 0. The topological polar surface area (TPSA) is 54.6 Å². The molecule has 1 atom stereocenters. The van der Waals surface area contributed by atoms with Gasteiger partial charge in [0, 0.05) is 38.1 Å². The number of furan rings is 1. The monoisotopic (exact) mass is 332 g/mol. The summed E-state index contributed by atoms with van der Waals surface area (Å²) < 4.78 is 11.0. The highest BCUT2D eigenvalue weighted by Gasteiger charge is 2.29. The summed E-state index contributed by atoms with van der Waals surface area (Å²) in [6.45, 7) is 5.08. The zero-order valence-corrected chi connectivity index (χ0v) is 13.7. The first kappa shape index (κ1) is 15.0. The van der Waals surface area contributed by atoms with Gasteiger partial charge in [-0.2, -0.15) is 0 Å². The fourth-order valence-electron chi connectivity index (χ4n) is 2.96. The predicted molar refractivity (Wildman–Crippen MR) is 89.4 cm³/mol. The average molecular weight is 332 g/mol. The Kier molecular flexibility index (Phi) is 4.50. The molecule has 0 spiro atoms. The zero-order valence-electron chi connectivity index (χ0n) is 12.9. The summed E-state index contributed by atoms with van der Waals surface area (Å²) in [6, 6.07) is 6.01. The summed E-state index contributed by atoms with van der Waals surface area (Å²) in [4.78, 5) is 13.8. The number of nitrogens with zero attached hydrogens (tertiary/aromatic N) is 4. The van der Waals surface area contributed by atoms with Crippen LogP contribution in [0.3, 0.4) is 0 Å². The molecular formula is C16H20N4O2S. The van der Waals surface area contributed by atoms with Crippen LogP contribution in [-0.2, 0) is 11.3 Å². The quantitative estimate of drug-likeness (QED) is 0.850. The van der Waals surface area contributed by atoms with E-state index in [0.29, 0.717) is 0 Å². The second-order valence-corrected chi connectivity index (χ2v) is 6.84. The summed E-state index contributed by atoms with van der Waals surface area (Å²) >= 11 is 1.92. The lowest BCUT2D eigenvalue weighted by atomic mass is 10.3. The Labute approximate surface area is 139 Å². The van der Waals surface area contributed by atoms with Crippen LogP contribution in [0.15, 0.2) is 35.1 Å². The number of hydrogen-bond donors (Lipinski definition) is 0. The molecule has 122 valence electrons. The lowest BCUT2D eigenvalue weighted by Gasteiger charge is -2.27. The number of hydrogen-bond acceptors (Lipinski definition) is 7. The molecule has 0 bridgehead atoms. The van der Waals surface area contributed by atoms with Crippen LogP contribution in [0.5, 0.6) is 0 Å². The molecule has 0 saturated carbocycles. The van der Waals surface area contributed by atoms with Crippen LogP contribution in [0, 0.1) is 0 Å². The predicted octanol–water partition coefficient (Wildman–Crippen LogP) is 2.15. The largest absolute Gasteiger partial charge is 0.467 e. The summed E-state index contributed by atoms with van der Waals surface area (Å²) in [5, 5.41) is 0.284. The van der Waals surface area contributed by atoms with Crippen molar-refractivity contribution in [3.05, 3.63) is 42.1 Å². The molecular weight excluding hydrogens is 312 g/mol. The number of anilines is 1. The van der Waals surface area contributed by atoms with E-state index < -0.39 is 0 Å². The minimum Gasteiger partial charge on any atom is -0.467 e. The Morgan fingerprint density at radius 1 is 1.22 bits per heavy atom. The standard InChI is InChI=1S/C16H20N4O2S/c1-2-14(22-8-1)15-20(7-11-23-15)12-13-3-4-17-16(18-13)19-5-9-21-10-6-19/h1-4,8,15H,5-7,9-12H2. The van der Waals surface area contributed by atoms with E-state index in [9.17, 15) is 0 Å². The molecule has 1 unspecified atom stereocenters. The van der Waals surface area contributed by atoms with Gasteiger partial charge in [0.05, 0.1) is 25.2 Å². The van der Waals surface area contributed by atoms with Crippen molar-refractivity contribution in [2.24, 2.45) is 0 Å². The van der Waals surface area contributed by atoms with Crippen molar-refractivity contribution < 1.29 is 9.15 Å². The second-order valence-electron chi connectivity index (χ2n) is 5.66. The highest BCUT2D eigenvalue weighted by Crippen LogP contribution is 2.38. The van der Waals surface area contributed by atoms with Gasteiger partial charge in [-0.25, -0.2) is 9.97 Å². The highest BCUT2D eigenvalue weighted by molar-refractivity contribution is 7.99. The van der Waals surface area contributed by atoms with Crippen LogP contribution in [0.2, 0.25) is 0 Å². The summed E-state index contributed by atoms with van der Waals surface area (Å²) in [5.41, 5.74) is 1.06. The van der Waals surface area contributed by atoms with Gasteiger partial charge in [0.25, 0.3) is 0 Å². The van der Waals surface area contributed by atoms with E-state index in [1.54, 1.807) is 6.26 Å². The van der Waals surface area contributed by atoms with Crippen molar-refractivity contribution in [2.45, 2.75) is 11.9 Å². The van der Waals surface area contributed by atoms with Gasteiger partial charge >= 0.3 is 0 Å². The summed E-state index contributed by atoms with van der Waals surface area (Å²) in [6.07, 6.45) is 3.60. The van der Waals surface area contributed by atoms with Crippen molar-refractivity contribution in [2.75, 3.05) is 43.5 Å². The van der Waals surface area contributed by atoms with Crippen LogP contribution < -0.4 is 4.90 Å². The van der Waals surface area contributed by atoms with Crippen molar-refractivity contribution in [1.82, 2.24) is 14.9 Å². The molecule has 7 heteroatoms. The van der Waals surface area contributed by atoms with Gasteiger partial charge in [0.2, 0.25) is 5.95 Å². The number of aromatic nitrogens is 2. The molecule has 6 nitrogen and oxygen atoms in total. The van der Waals surface area contributed by atoms with Gasteiger partial charge in [0.15, 0.2) is 0 Å². The van der Waals surface area contributed by atoms with E-state index in [4.69, 9.17) is 14.1 Å². The Balaban J connectivity index is 1.48. The molecule has 23 heavy (non-hydrogen) atoms. The molecule has 2 aromatic heterocycles. The molecule has 2 saturated heterocycles. The van der Waals surface area contributed by atoms with Crippen molar-refractivity contribution in [3.8, 4) is 0 Å². The van der Waals surface area contributed by atoms with E-state index in [1.165, 1.54) is 0 Å². The minimum atomic E-state index is 0.284. The fraction of sp³-hybridized carbons (Fsp3) is 0.500. The molecule has 0 amide bonds. The lowest BCUT2D eigenvalue weighted by molar-refractivity contribution is 0.122. The first-order chi connectivity index (χ1) is 11.4. The molecule has 2 aliphatic heterocycles. The van der Waals surface area contributed by atoms with Crippen molar-refractivity contribution in [1.29, 1.82) is 0 Å². The van der Waals surface area contributed by atoms with Crippen molar-refractivity contribution >= 4 is 17.7 Å². The first-order valence-electron chi connectivity index (χ1n) is 7.94. The highest BCUT2D eigenvalue weighted by atomic mass is 32.2. The van der Waals surface area contributed by atoms with Crippen LogP contribution in [0.4, 0.5) is 5.95 Å². The summed E-state index contributed by atoms with van der Waals surface area (Å²) in [5.74, 6) is 2.95. The molecule has 2 aromatic rings. The van der Waals surface area contributed by atoms with Crippen LogP contribution >= 0.6 is 11.8 Å². The van der Waals surface area contributed by atoms with Gasteiger partial charge < -0.3 is 14.1 Å². The van der Waals surface area contributed by atoms with E-state index in [0.717, 1.165) is 62.5 Å². The molecule has 4 heterocycles. The fourth-order valence-corrected chi connectivity index (χ4v) is 4.21. The van der Waals surface area contributed by atoms with Gasteiger partial charge in [-0.1, -0.05) is 0 Å². The third-order valence-corrected chi connectivity index (χ3v) is 5.40. The molecule has 2 aliphatic rings. The van der Waals surface area contributed by atoms with E-state index >= 15 is 0 Å². The smallest absolute Gasteiger partial charge is 0.225 e. The first-order valence-corrected chi connectivity index (χ1v) is 8.99. The maximum Gasteiger partial charge on any atom is 0.225 e. The maximum atomic E-state index is 5.59. The average Bonchev–Trinajstić information content (AvgIpc) is 3.27. The SMILES string of the molecule is c1coc(C2SCCN2Cc2ccnc(N3CCOCC3)n2)c1. The normalized spacial score (nSPS) is 22.6. The number of morpholine rings is 1. The maximum absolute atomic E-state index is 5.59. The second kappa shape index (κ2) is 6.90. The van der Waals surface area contributed by atoms with Crippen LogP contribution in [-0.4, -0.2) is 53.5 Å². The molecule has 0 aliphatic carbocycles. The van der Waals surface area contributed by atoms with Gasteiger partial charge in [-0.3, -0.25) is 4.90 Å². The number of rotatable bonds is 4. The third-order valence-electron chi connectivity index (χ3n) is 4.13. The van der Waals surface area contributed by atoms with Crippen molar-refractivity contribution in [3.63, 3.8) is 0 Å². The zero-order chi connectivity index (χ0) is 15.5. The number of thioether (sulfide) groups is 1. The minimum absolute atomic E-state index is 0.284. The van der Waals surface area contributed by atoms with Crippen LogP contribution in [0.1, 0.15) is 16.8 Å². The van der Waals surface area contributed by atoms with E-state index in [2.05, 4.69) is 20.9 Å². The van der Waals surface area contributed by atoms with Gasteiger partial charge in [0.1, 0.15) is 11.1 Å². The Morgan fingerprint density at radius 2 is 2.13 bits per heavy atom. The molecule has 0 aromatic carbocycles. The van der Waals surface area contributed by atoms with E-state index in [-0.39, 0.29) is 5.37 Å². The van der Waals surface area contributed by atoms with Gasteiger partial charge in [-0.15, -0.1) is 11.8 Å².